The molecule has 138 valence electrons. The highest BCUT2D eigenvalue weighted by Crippen LogP contribution is 2.25. The largest absolute Gasteiger partial charge is 0.383 e. The smallest absolute Gasteiger partial charge is 0.274 e. The van der Waals surface area contributed by atoms with E-state index in [0.29, 0.717) is 37.6 Å². The lowest BCUT2D eigenvalue weighted by molar-refractivity contribution is -0.120. The number of carbonyl (C=O) groups excluding carboxylic acids is 2. The van der Waals surface area contributed by atoms with Crippen molar-refractivity contribution in [2.45, 2.75) is 25.9 Å². The molecule has 9 heteroatoms. The fourth-order valence-electron chi connectivity index (χ4n) is 2.99. The Morgan fingerprint density at radius 3 is 2.92 bits per heavy atom. The summed E-state index contributed by atoms with van der Waals surface area (Å²) in [4.78, 5) is 38.9. The van der Waals surface area contributed by atoms with E-state index in [9.17, 15) is 9.59 Å². The van der Waals surface area contributed by atoms with E-state index in [1.165, 1.54) is 18.6 Å². The highest BCUT2D eigenvalue weighted by atomic mass is 16.5. The van der Waals surface area contributed by atoms with E-state index >= 15 is 0 Å². The van der Waals surface area contributed by atoms with Gasteiger partial charge >= 0.3 is 0 Å². The normalized spacial score (nSPS) is 16.2. The van der Waals surface area contributed by atoms with E-state index in [1.54, 1.807) is 12.0 Å². The van der Waals surface area contributed by atoms with Gasteiger partial charge in [0.1, 0.15) is 11.5 Å². The quantitative estimate of drug-likeness (QED) is 0.740. The number of hydrogen-bond donors (Lipinski definition) is 1. The van der Waals surface area contributed by atoms with E-state index in [1.807, 2.05) is 17.7 Å². The fourth-order valence-corrected chi connectivity index (χ4v) is 2.99. The molecular weight excluding hydrogens is 336 g/mol. The SMILES string of the molecule is COCCNC(=O)Cc1cn2c(n1)[C@H](C)N(C(=O)c1cnccn1)CC2. The first-order valence-electron chi connectivity index (χ1n) is 8.48. The summed E-state index contributed by atoms with van der Waals surface area (Å²) in [6.45, 7) is 4.06. The van der Waals surface area contributed by atoms with Gasteiger partial charge in [-0.1, -0.05) is 0 Å². The van der Waals surface area contributed by atoms with Crippen LogP contribution in [0.3, 0.4) is 0 Å². The third kappa shape index (κ3) is 3.88. The van der Waals surface area contributed by atoms with Crippen LogP contribution >= 0.6 is 0 Å². The molecule has 0 spiro atoms. The van der Waals surface area contributed by atoms with Crippen LogP contribution in [0, 0.1) is 0 Å². The predicted molar refractivity (Wildman–Crippen MR) is 92.3 cm³/mol. The lowest BCUT2D eigenvalue weighted by atomic mass is 10.2. The van der Waals surface area contributed by atoms with E-state index in [0.717, 1.165) is 5.82 Å². The van der Waals surface area contributed by atoms with Gasteiger partial charge in [-0.15, -0.1) is 0 Å². The van der Waals surface area contributed by atoms with Crippen molar-refractivity contribution >= 4 is 11.8 Å². The molecule has 9 nitrogen and oxygen atoms in total. The molecule has 1 atom stereocenters. The minimum Gasteiger partial charge on any atom is -0.383 e. The number of hydrogen-bond acceptors (Lipinski definition) is 6. The van der Waals surface area contributed by atoms with Gasteiger partial charge in [-0.05, 0) is 6.92 Å². The van der Waals surface area contributed by atoms with Gasteiger partial charge < -0.3 is 19.5 Å². The Kier molecular flexibility index (Phi) is 5.57. The Hall–Kier alpha value is -2.81. The first-order chi connectivity index (χ1) is 12.6. The van der Waals surface area contributed by atoms with Crippen LogP contribution in [0.5, 0.6) is 0 Å². The maximum atomic E-state index is 12.7. The molecule has 0 saturated heterocycles. The van der Waals surface area contributed by atoms with Crippen molar-refractivity contribution < 1.29 is 14.3 Å². The topological polar surface area (TPSA) is 102 Å². The zero-order valence-corrected chi connectivity index (χ0v) is 14.9. The number of ether oxygens (including phenoxy) is 1. The summed E-state index contributed by atoms with van der Waals surface area (Å²) in [6, 6.07) is -0.205. The molecule has 0 radical (unpaired) electrons. The van der Waals surface area contributed by atoms with Crippen LogP contribution in [0.15, 0.2) is 24.8 Å². The molecule has 1 N–H and O–H groups in total. The van der Waals surface area contributed by atoms with Crippen molar-refractivity contribution in [3.63, 3.8) is 0 Å². The fraction of sp³-hybridized carbons (Fsp3) is 0.471. The summed E-state index contributed by atoms with van der Waals surface area (Å²) in [6.07, 6.45) is 6.59. The molecule has 1 aliphatic rings. The van der Waals surface area contributed by atoms with Gasteiger partial charge in [0.05, 0.1) is 31.0 Å². The second kappa shape index (κ2) is 8.05. The predicted octanol–water partition coefficient (Wildman–Crippen LogP) is 0.195. The minimum absolute atomic E-state index is 0.0994. The van der Waals surface area contributed by atoms with Gasteiger partial charge in [-0.25, -0.2) is 9.97 Å². The highest BCUT2D eigenvalue weighted by molar-refractivity contribution is 5.92. The molecule has 26 heavy (non-hydrogen) atoms. The van der Waals surface area contributed by atoms with Crippen molar-refractivity contribution in [1.29, 1.82) is 0 Å². The molecule has 1 aliphatic heterocycles. The van der Waals surface area contributed by atoms with Crippen molar-refractivity contribution in [3.8, 4) is 0 Å². The van der Waals surface area contributed by atoms with Crippen LogP contribution in [-0.2, 0) is 22.5 Å². The summed E-state index contributed by atoms with van der Waals surface area (Å²) in [5.74, 6) is 0.504. The first kappa shape index (κ1) is 18.0. The number of imidazole rings is 1. The van der Waals surface area contributed by atoms with Gasteiger partial charge in [-0.3, -0.25) is 14.6 Å². The average Bonchev–Trinajstić information content (AvgIpc) is 3.06. The summed E-state index contributed by atoms with van der Waals surface area (Å²) >= 11 is 0. The standard InChI is InChI=1S/C17H22N6O3/c1-12-16-21-13(9-15(24)20-5-8-26-2)11-22(16)6-7-23(12)17(25)14-10-18-3-4-19-14/h3-4,10-12H,5-9H2,1-2H3,(H,20,24)/t12-/m0/s1. The lowest BCUT2D eigenvalue weighted by Gasteiger charge is -2.33. The molecule has 3 heterocycles. The number of nitrogens with one attached hydrogen (secondary N) is 1. The molecule has 3 rings (SSSR count). The zero-order chi connectivity index (χ0) is 18.5. The molecule has 0 bridgehead atoms. The minimum atomic E-state index is -0.205. The summed E-state index contributed by atoms with van der Waals surface area (Å²) in [5.41, 5.74) is 1.01. The molecule has 2 aromatic rings. The van der Waals surface area contributed by atoms with Crippen molar-refractivity contribution in [1.82, 2.24) is 29.7 Å². The van der Waals surface area contributed by atoms with E-state index < -0.39 is 0 Å². The van der Waals surface area contributed by atoms with E-state index in [-0.39, 0.29) is 24.3 Å². The summed E-state index contributed by atoms with van der Waals surface area (Å²) < 4.78 is 6.91. The zero-order valence-electron chi connectivity index (χ0n) is 14.9. The number of methoxy groups -OCH3 is 1. The second-order valence-electron chi connectivity index (χ2n) is 6.07. The summed E-state index contributed by atoms with van der Waals surface area (Å²) in [7, 11) is 1.59. The van der Waals surface area contributed by atoms with E-state index in [2.05, 4.69) is 20.3 Å². The van der Waals surface area contributed by atoms with Gasteiger partial charge in [-0.2, -0.15) is 0 Å². The van der Waals surface area contributed by atoms with Crippen LogP contribution in [0.1, 0.15) is 35.0 Å². The van der Waals surface area contributed by atoms with Crippen LogP contribution in [-0.4, -0.2) is 63.0 Å². The molecule has 0 aliphatic carbocycles. The number of rotatable bonds is 6. The van der Waals surface area contributed by atoms with Gasteiger partial charge in [0.15, 0.2) is 0 Å². The Morgan fingerprint density at radius 1 is 1.35 bits per heavy atom. The molecule has 2 amide bonds. The van der Waals surface area contributed by atoms with E-state index in [4.69, 9.17) is 4.74 Å². The molecule has 0 fully saturated rings. The summed E-state index contributed by atoms with van der Waals surface area (Å²) in [5, 5.41) is 2.78. The molecule has 0 aromatic carbocycles. The van der Waals surface area contributed by atoms with Crippen LogP contribution in [0.4, 0.5) is 0 Å². The molecule has 0 saturated carbocycles. The number of fused-ring (bicyclic) bond motifs is 1. The van der Waals surface area contributed by atoms with Crippen LogP contribution in [0.2, 0.25) is 0 Å². The molecular formula is C17H22N6O3. The molecule has 0 unspecified atom stereocenters. The van der Waals surface area contributed by atoms with Crippen LogP contribution in [0.25, 0.3) is 0 Å². The van der Waals surface area contributed by atoms with Gasteiger partial charge in [0, 0.05) is 45.3 Å². The van der Waals surface area contributed by atoms with Crippen molar-refractivity contribution in [2.24, 2.45) is 0 Å². The Balaban J connectivity index is 1.68. The second-order valence-corrected chi connectivity index (χ2v) is 6.07. The lowest BCUT2D eigenvalue weighted by Crippen LogP contribution is -2.41. The van der Waals surface area contributed by atoms with Gasteiger partial charge in [0.2, 0.25) is 5.91 Å². The third-order valence-corrected chi connectivity index (χ3v) is 4.29. The van der Waals surface area contributed by atoms with Crippen LogP contribution < -0.4 is 5.32 Å². The first-order valence-corrected chi connectivity index (χ1v) is 8.48. The molecule has 2 aromatic heterocycles. The maximum Gasteiger partial charge on any atom is 0.274 e. The average molecular weight is 358 g/mol. The third-order valence-electron chi connectivity index (χ3n) is 4.29. The Morgan fingerprint density at radius 2 is 2.19 bits per heavy atom. The number of nitrogens with zero attached hydrogens (tertiary/aromatic N) is 5. The van der Waals surface area contributed by atoms with Crippen molar-refractivity contribution in [3.05, 3.63) is 42.0 Å². The van der Waals surface area contributed by atoms with Crippen molar-refractivity contribution in [2.75, 3.05) is 26.8 Å². The number of aromatic nitrogens is 4. The monoisotopic (exact) mass is 358 g/mol. The Bertz CT molecular complexity index is 776. The van der Waals surface area contributed by atoms with Gasteiger partial charge in [0.25, 0.3) is 5.91 Å². The number of amides is 2. The maximum absolute atomic E-state index is 12.7. The highest BCUT2D eigenvalue weighted by Gasteiger charge is 2.31. The Labute approximate surface area is 151 Å². The number of carbonyl (C=O) groups is 2.